The second-order valence-corrected chi connectivity index (χ2v) is 4.68. The lowest BCUT2D eigenvalue weighted by Crippen LogP contribution is -2.02. The zero-order valence-corrected chi connectivity index (χ0v) is 8.94. The number of aromatic amines is 1. The summed E-state index contributed by atoms with van der Waals surface area (Å²) in [4.78, 5) is 7.31. The van der Waals surface area contributed by atoms with Gasteiger partial charge in [-0.1, -0.05) is 0 Å². The SMILES string of the molecule is [C+]1=CN=C(SSc2cccc[nH+]2)C=C1. The van der Waals surface area contributed by atoms with E-state index in [1.54, 1.807) is 27.8 Å². The minimum atomic E-state index is 0.992. The number of rotatable bonds is 2. The number of allylic oxidation sites excluding steroid dienone is 2. The maximum atomic E-state index is 4.17. The smallest absolute Gasteiger partial charge is 0.205 e. The second kappa shape index (κ2) is 4.96. The lowest BCUT2D eigenvalue weighted by molar-refractivity contribution is -0.426. The minimum absolute atomic E-state index is 0.992. The number of nitrogens with zero attached hydrogens (tertiary/aromatic N) is 1. The molecule has 0 amide bonds. The fraction of sp³-hybridized carbons (Fsp3) is 0. The van der Waals surface area contributed by atoms with Gasteiger partial charge < -0.3 is 0 Å². The monoisotopic (exact) mass is 220 g/mol. The van der Waals surface area contributed by atoms with Crippen LogP contribution in [0.15, 0.2) is 52.8 Å². The van der Waals surface area contributed by atoms with Crippen LogP contribution in [0.2, 0.25) is 0 Å². The van der Waals surface area contributed by atoms with Gasteiger partial charge in [-0.3, -0.25) is 0 Å². The molecule has 14 heavy (non-hydrogen) atoms. The summed E-state index contributed by atoms with van der Waals surface area (Å²) in [6, 6.07) is 6.00. The predicted molar refractivity (Wildman–Crippen MR) is 60.8 cm³/mol. The number of nitrogens with one attached hydrogen (secondary N) is 1. The molecule has 0 atom stereocenters. The normalized spacial score (nSPS) is 13.6. The van der Waals surface area contributed by atoms with Gasteiger partial charge in [-0.2, -0.15) is 4.99 Å². The molecule has 68 valence electrons. The van der Waals surface area contributed by atoms with Crippen LogP contribution in [0, 0.1) is 6.08 Å². The van der Waals surface area contributed by atoms with E-state index in [1.807, 2.05) is 36.5 Å². The van der Waals surface area contributed by atoms with Crippen molar-refractivity contribution in [1.82, 2.24) is 0 Å². The first-order valence-corrected chi connectivity index (χ1v) is 6.23. The van der Waals surface area contributed by atoms with Crippen molar-refractivity contribution in [3.8, 4) is 0 Å². The van der Waals surface area contributed by atoms with Crippen LogP contribution in [-0.4, -0.2) is 5.04 Å². The van der Waals surface area contributed by atoms with E-state index in [4.69, 9.17) is 0 Å². The Labute approximate surface area is 90.6 Å². The van der Waals surface area contributed by atoms with Gasteiger partial charge in [0.2, 0.25) is 5.03 Å². The first kappa shape index (κ1) is 9.46. The highest BCUT2D eigenvalue weighted by Crippen LogP contribution is 2.29. The van der Waals surface area contributed by atoms with Gasteiger partial charge in [0.05, 0.1) is 0 Å². The number of H-pyrrole nitrogens is 1. The van der Waals surface area contributed by atoms with Crippen molar-refractivity contribution in [2.24, 2.45) is 4.99 Å². The van der Waals surface area contributed by atoms with Gasteiger partial charge in [-0.05, 0) is 16.9 Å². The summed E-state index contributed by atoms with van der Waals surface area (Å²) in [5.41, 5.74) is 0. The van der Waals surface area contributed by atoms with Gasteiger partial charge in [-0.25, -0.2) is 4.98 Å². The van der Waals surface area contributed by atoms with Crippen molar-refractivity contribution in [2.75, 3.05) is 0 Å². The quantitative estimate of drug-likeness (QED) is 0.565. The highest BCUT2D eigenvalue weighted by atomic mass is 33.1. The summed E-state index contributed by atoms with van der Waals surface area (Å²) in [6.45, 7) is 0. The number of aliphatic imine (C=N–C) groups is 1. The second-order valence-electron chi connectivity index (χ2n) is 2.49. The van der Waals surface area contributed by atoms with Crippen LogP contribution in [0.4, 0.5) is 0 Å². The summed E-state index contributed by atoms with van der Waals surface area (Å²) < 4.78 is 0. The van der Waals surface area contributed by atoms with Gasteiger partial charge in [0.15, 0.2) is 23.5 Å². The molecule has 1 aromatic rings. The van der Waals surface area contributed by atoms with Crippen molar-refractivity contribution < 1.29 is 4.98 Å². The highest BCUT2D eigenvalue weighted by molar-refractivity contribution is 8.82. The Kier molecular flexibility index (Phi) is 3.35. The molecule has 0 aromatic carbocycles. The molecule has 0 saturated heterocycles. The zero-order valence-electron chi connectivity index (χ0n) is 7.31. The van der Waals surface area contributed by atoms with Gasteiger partial charge in [0.25, 0.3) is 0 Å². The van der Waals surface area contributed by atoms with Gasteiger partial charge in [0.1, 0.15) is 12.2 Å². The van der Waals surface area contributed by atoms with E-state index in [9.17, 15) is 0 Å². The molecule has 2 rings (SSSR count). The van der Waals surface area contributed by atoms with Crippen LogP contribution in [0.3, 0.4) is 0 Å². The molecule has 0 aliphatic carbocycles. The van der Waals surface area contributed by atoms with E-state index in [0.29, 0.717) is 0 Å². The third-order valence-corrected chi connectivity index (χ3v) is 3.72. The summed E-state index contributed by atoms with van der Waals surface area (Å²) in [5.74, 6) is 0. The third kappa shape index (κ3) is 2.70. The fourth-order valence-electron chi connectivity index (χ4n) is 0.872. The number of pyridine rings is 1. The predicted octanol–water partition coefficient (Wildman–Crippen LogP) is 2.53. The molecule has 0 spiro atoms. The summed E-state index contributed by atoms with van der Waals surface area (Å²) >= 11 is 0. The standard InChI is InChI=1S/C10H7N2S2/c1-3-7-11-9(5-1)13-14-10-6-2-4-8-12-10/h1-3,5-8H/q+1/p+1. The fourth-order valence-corrected chi connectivity index (χ4v) is 2.65. The number of hydrogen-bond donors (Lipinski definition) is 0. The average molecular weight is 220 g/mol. The van der Waals surface area contributed by atoms with Crippen LogP contribution in [0.5, 0.6) is 0 Å². The third-order valence-electron chi connectivity index (χ3n) is 1.49. The average Bonchev–Trinajstić information content (AvgIpc) is 2.29. The molecule has 1 aliphatic rings. The van der Waals surface area contributed by atoms with Crippen molar-refractivity contribution in [3.63, 3.8) is 0 Å². The maximum absolute atomic E-state index is 4.17. The Hall–Kier alpha value is -1.09. The molecule has 0 saturated carbocycles. The molecule has 0 fully saturated rings. The highest BCUT2D eigenvalue weighted by Gasteiger charge is 2.08. The Balaban J connectivity index is 1.92. The summed E-state index contributed by atoms with van der Waals surface area (Å²) in [6.07, 6.45) is 10.3. The van der Waals surface area contributed by atoms with Crippen LogP contribution in [0.25, 0.3) is 0 Å². The molecule has 1 aliphatic heterocycles. The Morgan fingerprint density at radius 3 is 3.00 bits per heavy atom. The lowest BCUT2D eigenvalue weighted by atomic mass is 10.4. The van der Waals surface area contributed by atoms with Crippen molar-refractivity contribution in [1.29, 1.82) is 0 Å². The molecular formula is C10H8N2S2+2. The lowest BCUT2D eigenvalue weighted by Gasteiger charge is -1.92. The first-order valence-electron chi connectivity index (χ1n) is 4.08. The molecule has 2 nitrogen and oxygen atoms in total. The molecule has 0 radical (unpaired) electrons. The van der Waals surface area contributed by atoms with E-state index in [0.717, 1.165) is 10.1 Å². The Bertz CT molecular complexity index is 382. The minimum Gasteiger partial charge on any atom is -0.205 e. The zero-order chi connectivity index (χ0) is 9.64. The number of hydrogen-bond acceptors (Lipinski definition) is 3. The van der Waals surface area contributed by atoms with Crippen molar-refractivity contribution >= 4 is 26.6 Å². The van der Waals surface area contributed by atoms with E-state index in [1.165, 1.54) is 0 Å². The van der Waals surface area contributed by atoms with E-state index in [2.05, 4.69) is 16.1 Å². The van der Waals surface area contributed by atoms with Crippen molar-refractivity contribution in [3.05, 3.63) is 48.8 Å². The van der Waals surface area contributed by atoms with Gasteiger partial charge in [0, 0.05) is 22.9 Å². The molecule has 0 unspecified atom stereocenters. The van der Waals surface area contributed by atoms with E-state index in [-0.39, 0.29) is 0 Å². The first-order chi connectivity index (χ1) is 6.95. The number of aromatic nitrogens is 1. The molecule has 0 bridgehead atoms. The van der Waals surface area contributed by atoms with Crippen LogP contribution < -0.4 is 4.98 Å². The van der Waals surface area contributed by atoms with Crippen LogP contribution in [0.1, 0.15) is 0 Å². The Morgan fingerprint density at radius 1 is 1.29 bits per heavy atom. The van der Waals surface area contributed by atoms with Crippen LogP contribution >= 0.6 is 21.6 Å². The molecular weight excluding hydrogens is 212 g/mol. The topological polar surface area (TPSA) is 26.5 Å². The molecule has 1 aromatic heterocycles. The molecule has 4 heteroatoms. The van der Waals surface area contributed by atoms with Crippen molar-refractivity contribution in [2.45, 2.75) is 5.03 Å². The largest absolute Gasteiger partial charge is 0.249 e. The summed E-state index contributed by atoms with van der Waals surface area (Å²) in [7, 11) is 3.29. The van der Waals surface area contributed by atoms with E-state index >= 15 is 0 Å². The summed E-state index contributed by atoms with van der Waals surface area (Å²) in [5, 5.41) is 2.11. The van der Waals surface area contributed by atoms with Gasteiger partial charge in [-0.15, -0.1) is 0 Å². The van der Waals surface area contributed by atoms with Crippen LogP contribution in [-0.2, 0) is 0 Å². The molecule has 1 N–H and O–H groups in total. The molecule has 2 heterocycles. The van der Waals surface area contributed by atoms with Gasteiger partial charge >= 0.3 is 0 Å². The van der Waals surface area contributed by atoms with E-state index < -0.39 is 0 Å². The maximum Gasteiger partial charge on any atom is 0.249 e. The Morgan fingerprint density at radius 2 is 2.29 bits per heavy atom.